The molecular weight excluding hydrogens is 836 g/mol. The Labute approximate surface area is 354 Å². The van der Waals surface area contributed by atoms with Crippen LogP contribution in [0.5, 0.6) is 11.5 Å². The average Bonchev–Trinajstić information content (AvgIpc) is 3.87. The van der Waals surface area contributed by atoms with E-state index in [2.05, 4.69) is 210 Å². The summed E-state index contributed by atoms with van der Waals surface area (Å²) < 4.78 is 12.6. The molecule has 5 nitrogen and oxygen atoms in total. The van der Waals surface area contributed by atoms with Crippen LogP contribution >= 0.6 is 0 Å². The molecule has 0 amide bonds. The van der Waals surface area contributed by atoms with Crippen LogP contribution in [0, 0.1) is 0 Å². The molecule has 10 rings (SSSR count). The molecule has 59 heavy (non-hydrogen) atoms. The number of benzene rings is 7. The Morgan fingerprint density at radius 1 is 0.525 bits per heavy atom. The van der Waals surface area contributed by atoms with Crippen LogP contribution in [0.4, 0.5) is 22.7 Å². The molecule has 3 heterocycles. The molecule has 2 N–H and O–H groups in total. The number of hydrogen-bond acceptors (Lipinski definition) is 4. The first kappa shape index (κ1) is 36.7. The predicted octanol–water partition coefficient (Wildman–Crippen LogP) is 14.3. The number of nitrogens with zero attached hydrogens (tertiary/aromatic N) is 2. The molecule has 0 bridgehead atoms. The van der Waals surface area contributed by atoms with Gasteiger partial charge in [0, 0.05) is 11.1 Å². The van der Waals surface area contributed by atoms with Crippen LogP contribution in [0.25, 0.3) is 58.8 Å². The van der Waals surface area contributed by atoms with Gasteiger partial charge in [-0.25, -0.2) is 0 Å². The van der Waals surface area contributed by atoms with Crippen LogP contribution in [0.1, 0.15) is 26.3 Å². The second-order valence-electron chi connectivity index (χ2n) is 15.8. The van der Waals surface area contributed by atoms with E-state index >= 15 is 0 Å². The fourth-order valence-corrected chi connectivity index (χ4v) is 10.3. The standard InChI is InChI=1S/C53H42N4OTe/c1-53(2,3)45-34-50(56-52-44(45)30-31-59-52)57-48-27-13-10-22-42(48)43-29-28-39(33-49(43)57)58-38-21-14-20-37(32-38)54-46-25-11-12-26-47(46)55-51-40(35-16-6-4-7-17-35)23-15-24-41(51)36-18-8-5-9-19-36/h4-34,54-55H,1-3H3. The Bertz CT molecular complexity index is 3070. The van der Waals surface area contributed by atoms with E-state index in [-0.39, 0.29) is 5.41 Å². The SMILES string of the molecule is CC(C)(C)c1cc(-n2c3ccccc3c3ccc(Oc4cccc(Nc5ccccc5Nc5c(-c6ccccc6)cccc5-c5ccccc5)c4)cc32)nc2[te]ccc12. The molecule has 0 fully saturated rings. The van der Waals surface area contributed by atoms with E-state index in [9.17, 15) is 0 Å². The Hall–Kier alpha value is -6.58. The van der Waals surface area contributed by atoms with Gasteiger partial charge in [-0.15, -0.1) is 0 Å². The van der Waals surface area contributed by atoms with Gasteiger partial charge in [0.1, 0.15) is 0 Å². The van der Waals surface area contributed by atoms with Crippen molar-refractivity contribution in [3.05, 3.63) is 192 Å². The Morgan fingerprint density at radius 3 is 1.88 bits per heavy atom. The number of nitrogens with one attached hydrogen (secondary N) is 2. The second kappa shape index (κ2) is 15.3. The van der Waals surface area contributed by atoms with Gasteiger partial charge in [0.05, 0.1) is 17.1 Å². The van der Waals surface area contributed by atoms with Gasteiger partial charge in [0.25, 0.3) is 0 Å². The zero-order chi connectivity index (χ0) is 39.9. The van der Waals surface area contributed by atoms with E-state index in [0.717, 1.165) is 73.4 Å². The monoisotopic (exact) mass is 880 g/mol. The van der Waals surface area contributed by atoms with Crippen LogP contribution in [0.2, 0.25) is 0 Å². The number of pyridine rings is 1. The number of ether oxygens (including phenoxy) is 1. The van der Waals surface area contributed by atoms with Crippen LogP contribution in [0.3, 0.4) is 0 Å². The van der Waals surface area contributed by atoms with Crippen LogP contribution in [0.15, 0.2) is 186 Å². The summed E-state index contributed by atoms with van der Waals surface area (Å²) >= 11 is -0.468. The molecule has 10 aromatic rings. The van der Waals surface area contributed by atoms with Crippen LogP contribution in [-0.2, 0) is 5.41 Å². The van der Waals surface area contributed by atoms with Gasteiger partial charge in [-0.2, -0.15) is 0 Å². The molecule has 286 valence electrons. The summed E-state index contributed by atoms with van der Waals surface area (Å²) in [4.78, 5) is 5.31. The minimum atomic E-state index is -0.468. The summed E-state index contributed by atoms with van der Waals surface area (Å²) in [6.07, 6.45) is 0. The van der Waals surface area contributed by atoms with E-state index in [1.165, 1.54) is 25.3 Å². The molecular formula is C53H42N4OTe. The average molecular weight is 879 g/mol. The topological polar surface area (TPSA) is 51.1 Å². The molecule has 6 heteroatoms. The zero-order valence-corrected chi connectivity index (χ0v) is 35.4. The Balaban J connectivity index is 0.987. The van der Waals surface area contributed by atoms with E-state index in [1.54, 1.807) is 0 Å². The summed E-state index contributed by atoms with van der Waals surface area (Å²) in [5.74, 6) is 2.47. The van der Waals surface area contributed by atoms with Gasteiger partial charge >= 0.3 is 208 Å². The molecule has 0 unspecified atom stereocenters. The van der Waals surface area contributed by atoms with Crippen molar-refractivity contribution in [1.82, 2.24) is 9.55 Å². The van der Waals surface area contributed by atoms with Crippen molar-refractivity contribution in [3.63, 3.8) is 0 Å². The number of anilines is 4. The summed E-state index contributed by atoms with van der Waals surface area (Å²) in [6, 6.07) is 63.7. The number of para-hydroxylation sites is 4. The molecule has 0 saturated heterocycles. The molecule has 0 aliphatic heterocycles. The number of hydrogen-bond donors (Lipinski definition) is 2. The van der Waals surface area contributed by atoms with Crippen molar-refractivity contribution in [2.75, 3.05) is 10.6 Å². The first-order valence-corrected chi connectivity index (χ1v) is 22.5. The Morgan fingerprint density at radius 2 is 1.15 bits per heavy atom. The zero-order valence-electron chi connectivity index (χ0n) is 33.1. The molecule has 0 radical (unpaired) electrons. The third-order valence-corrected chi connectivity index (χ3v) is 13.2. The first-order valence-electron chi connectivity index (χ1n) is 19.9. The molecule has 0 saturated carbocycles. The van der Waals surface area contributed by atoms with Gasteiger partial charge < -0.3 is 5.32 Å². The van der Waals surface area contributed by atoms with Gasteiger partial charge in [0.15, 0.2) is 0 Å². The van der Waals surface area contributed by atoms with Crippen molar-refractivity contribution in [1.29, 1.82) is 0 Å². The molecule has 0 aliphatic rings. The molecule has 3 aromatic heterocycles. The van der Waals surface area contributed by atoms with Gasteiger partial charge in [-0.05, 0) is 23.3 Å². The van der Waals surface area contributed by atoms with Crippen LogP contribution < -0.4 is 15.4 Å². The fourth-order valence-electron chi connectivity index (χ4n) is 8.10. The van der Waals surface area contributed by atoms with Gasteiger partial charge in [-0.3, -0.25) is 0 Å². The number of rotatable bonds is 9. The van der Waals surface area contributed by atoms with Gasteiger partial charge in [0.2, 0.25) is 0 Å². The second-order valence-corrected chi connectivity index (χ2v) is 18.4. The van der Waals surface area contributed by atoms with Crippen molar-refractivity contribution >= 4 is 73.9 Å². The fraction of sp³-hybridized carbons (Fsp3) is 0.0755. The van der Waals surface area contributed by atoms with Crippen molar-refractivity contribution < 1.29 is 4.74 Å². The number of fused-ring (bicyclic) bond motifs is 4. The van der Waals surface area contributed by atoms with Crippen molar-refractivity contribution in [2.24, 2.45) is 0 Å². The summed E-state index contributed by atoms with van der Waals surface area (Å²) in [5.41, 5.74) is 12.0. The molecule has 0 atom stereocenters. The summed E-state index contributed by atoms with van der Waals surface area (Å²) in [6.45, 7) is 6.88. The minimum absolute atomic E-state index is 0.0101. The van der Waals surface area contributed by atoms with Crippen molar-refractivity contribution in [3.8, 4) is 39.6 Å². The van der Waals surface area contributed by atoms with E-state index in [0.29, 0.717) is 0 Å². The molecule has 0 aliphatic carbocycles. The molecule has 0 spiro atoms. The van der Waals surface area contributed by atoms with E-state index in [4.69, 9.17) is 9.72 Å². The summed E-state index contributed by atoms with van der Waals surface area (Å²) in [5, 5.41) is 11.2. The normalized spacial score (nSPS) is 11.6. The van der Waals surface area contributed by atoms with Crippen molar-refractivity contribution in [2.45, 2.75) is 26.2 Å². The van der Waals surface area contributed by atoms with E-state index in [1.807, 2.05) is 12.1 Å². The first-order chi connectivity index (χ1) is 28.9. The maximum absolute atomic E-state index is 6.67. The third-order valence-electron chi connectivity index (χ3n) is 10.9. The van der Waals surface area contributed by atoms with Gasteiger partial charge in [-0.1, -0.05) is 91.0 Å². The van der Waals surface area contributed by atoms with Crippen LogP contribution in [-0.4, -0.2) is 30.0 Å². The summed E-state index contributed by atoms with van der Waals surface area (Å²) in [7, 11) is 0. The number of aromatic nitrogens is 2. The molecule has 7 aromatic carbocycles. The van der Waals surface area contributed by atoms with E-state index < -0.39 is 20.4 Å². The quantitative estimate of drug-likeness (QED) is 0.142. The predicted molar refractivity (Wildman–Crippen MR) is 249 cm³/mol. The Kier molecular flexibility index (Phi) is 9.53. The third kappa shape index (κ3) is 7.16. The maximum atomic E-state index is 6.67.